The third-order valence-electron chi connectivity index (χ3n) is 3.57. The first-order valence-electron chi connectivity index (χ1n) is 7.47. The van der Waals surface area contributed by atoms with Crippen molar-refractivity contribution in [3.63, 3.8) is 0 Å². The summed E-state index contributed by atoms with van der Waals surface area (Å²) in [7, 11) is -8.28. The number of unbranched alkanes of at least 4 members (excludes halogenated alkanes) is 2. The van der Waals surface area contributed by atoms with E-state index in [1.165, 1.54) is 13.8 Å². The fourth-order valence-corrected chi connectivity index (χ4v) is 6.55. The molecule has 0 aromatic heterocycles. The molecule has 0 saturated heterocycles. The van der Waals surface area contributed by atoms with Gasteiger partial charge in [0, 0.05) is 25.9 Å². The molecule has 0 aromatic rings. The average Bonchev–Trinajstić information content (AvgIpc) is 2.49. The predicted molar refractivity (Wildman–Crippen MR) is 86.9 cm³/mol. The first-order chi connectivity index (χ1) is 10.7. The molecule has 0 saturated carbocycles. The maximum Gasteiger partial charge on any atom is 0.233 e. The van der Waals surface area contributed by atoms with Gasteiger partial charge in [-0.15, -0.1) is 0 Å². The average molecular weight is 364 g/mol. The van der Waals surface area contributed by atoms with Gasteiger partial charge in [-0.2, -0.15) is 10.5 Å². The SMILES string of the molecule is CCC(CC)(S(=O)(=O)NCCCC#N)S(=O)(=O)NCCCC#N. The number of rotatable bonds is 12. The quantitative estimate of drug-likeness (QED) is 0.494. The highest BCUT2D eigenvalue weighted by Gasteiger charge is 2.52. The molecule has 0 fully saturated rings. The van der Waals surface area contributed by atoms with Gasteiger partial charge in [0.1, 0.15) is 0 Å². The van der Waals surface area contributed by atoms with E-state index < -0.39 is 24.1 Å². The molecule has 0 aliphatic carbocycles. The number of hydrogen-bond donors (Lipinski definition) is 2. The molecule has 2 N–H and O–H groups in total. The Kier molecular flexibility index (Phi) is 9.32. The molecule has 0 heterocycles. The summed E-state index contributed by atoms with van der Waals surface area (Å²) in [6, 6.07) is 3.80. The molecular formula is C13H24N4O4S2. The maximum absolute atomic E-state index is 12.5. The Morgan fingerprint density at radius 3 is 1.43 bits per heavy atom. The Labute approximate surface area is 139 Å². The van der Waals surface area contributed by atoms with Gasteiger partial charge in [0.15, 0.2) is 4.08 Å². The highest BCUT2D eigenvalue weighted by Crippen LogP contribution is 2.31. The molecule has 0 aliphatic rings. The number of nitriles is 2. The fourth-order valence-electron chi connectivity index (χ4n) is 2.17. The minimum atomic E-state index is -4.14. The molecule has 0 spiro atoms. The third kappa shape index (κ3) is 5.43. The molecule has 0 amide bonds. The van der Waals surface area contributed by atoms with E-state index >= 15 is 0 Å². The van der Waals surface area contributed by atoms with Crippen LogP contribution in [0.1, 0.15) is 52.4 Å². The van der Waals surface area contributed by atoms with Crippen molar-refractivity contribution in [2.75, 3.05) is 13.1 Å². The first kappa shape index (κ1) is 21.8. The van der Waals surface area contributed by atoms with E-state index in [0.717, 1.165) is 0 Å². The monoisotopic (exact) mass is 364 g/mol. The van der Waals surface area contributed by atoms with Gasteiger partial charge >= 0.3 is 0 Å². The van der Waals surface area contributed by atoms with Crippen LogP contribution in [0.15, 0.2) is 0 Å². The summed E-state index contributed by atoms with van der Waals surface area (Å²) in [6.45, 7) is 3.04. The second kappa shape index (κ2) is 9.83. The van der Waals surface area contributed by atoms with Crippen LogP contribution in [0, 0.1) is 22.7 Å². The van der Waals surface area contributed by atoms with E-state index in [4.69, 9.17) is 10.5 Å². The van der Waals surface area contributed by atoms with Crippen molar-refractivity contribution in [2.45, 2.75) is 56.5 Å². The molecule has 0 aliphatic heterocycles. The van der Waals surface area contributed by atoms with Gasteiger partial charge in [0.05, 0.1) is 12.1 Å². The molecule has 0 radical (unpaired) electrons. The van der Waals surface area contributed by atoms with E-state index in [1.807, 2.05) is 12.1 Å². The van der Waals surface area contributed by atoms with Crippen LogP contribution in [-0.4, -0.2) is 34.0 Å². The van der Waals surface area contributed by atoms with E-state index in [1.54, 1.807) is 0 Å². The molecule has 10 heteroatoms. The molecule has 0 bridgehead atoms. The lowest BCUT2D eigenvalue weighted by Gasteiger charge is -2.31. The van der Waals surface area contributed by atoms with Gasteiger partial charge in [-0.1, -0.05) is 13.8 Å². The Morgan fingerprint density at radius 2 is 1.17 bits per heavy atom. The maximum atomic E-state index is 12.5. The minimum Gasteiger partial charge on any atom is -0.214 e. The van der Waals surface area contributed by atoms with Crippen LogP contribution in [0.2, 0.25) is 0 Å². The van der Waals surface area contributed by atoms with E-state index in [-0.39, 0.29) is 38.8 Å². The van der Waals surface area contributed by atoms with Crippen molar-refractivity contribution in [1.29, 1.82) is 10.5 Å². The van der Waals surface area contributed by atoms with Crippen molar-refractivity contribution in [1.82, 2.24) is 9.44 Å². The number of sulfonamides is 2. The molecule has 8 nitrogen and oxygen atoms in total. The summed E-state index contributed by atoms with van der Waals surface area (Å²) in [6.07, 6.45) is 0.791. The second-order valence-electron chi connectivity index (χ2n) is 4.94. The van der Waals surface area contributed by atoms with Crippen molar-refractivity contribution < 1.29 is 16.8 Å². The van der Waals surface area contributed by atoms with E-state index in [0.29, 0.717) is 12.8 Å². The normalized spacial score (nSPS) is 12.5. The highest BCUT2D eigenvalue weighted by atomic mass is 32.3. The number of nitrogens with one attached hydrogen (secondary N) is 2. The first-order valence-corrected chi connectivity index (χ1v) is 10.4. The van der Waals surface area contributed by atoms with Gasteiger partial charge in [-0.25, -0.2) is 26.3 Å². The summed E-state index contributed by atoms with van der Waals surface area (Å²) < 4.78 is 52.8. The largest absolute Gasteiger partial charge is 0.233 e. The zero-order chi connectivity index (χ0) is 18.0. The Morgan fingerprint density at radius 1 is 0.826 bits per heavy atom. The van der Waals surface area contributed by atoms with Crippen LogP contribution in [0.3, 0.4) is 0 Å². The van der Waals surface area contributed by atoms with Crippen LogP contribution >= 0.6 is 0 Å². The van der Waals surface area contributed by atoms with Crippen molar-refractivity contribution >= 4 is 20.0 Å². The topological polar surface area (TPSA) is 140 Å². The summed E-state index contributed by atoms with van der Waals surface area (Å²) in [5, 5.41) is 16.9. The lowest BCUT2D eigenvalue weighted by molar-refractivity contribution is 0.506. The Bertz CT molecular complexity index is 586. The number of nitrogens with zero attached hydrogens (tertiary/aromatic N) is 2. The van der Waals surface area contributed by atoms with E-state index in [9.17, 15) is 16.8 Å². The molecule has 0 aromatic carbocycles. The van der Waals surface area contributed by atoms with Crippen LogP contribution < -0.4 is 9.44 Å². The summed E-state index contributed by atoms with van der Waals surface area (Å²) in [4.78, 5) is 0. The zero-order valence-electron chi connectivity index (χ0n) is 13.5. The van der Waals surface area contributed by atoms with Crippen LogP contribution in [0.25, 0.3) is 0 Å². The molecule has 0 atom stereocenters. The Hall–Kier alpha value is -1.20. The van der Waals surface area contributed by atoms with Gasteiger partial charge in [-0.05, 0) is 25.7 Å². The highest BCUT2D eigenvalue weighted by molar-refractivity contribution is 8.08. The smallest absolute Gasteiger partial charge is 0.214 e. The van der Waals surface area contributed by atoms with Gasteiger partial charge < -0.3 is 0 Å². The minimum absolute atomic E-state index is 0.0155. The lowest BCUT2D eigenvalue weighted by Crippen LogP contribution is -2.55. The third-order valence-corrected chi connectivity index (χ3v) is 9.17. The molecule has 0 rings (SSSR count). The standard InChI is InChI=1S/C13H24N4O4S2/c1-3-13(4-2,22(18,19)16-11-7-5-9-14)23(20,21)17-12-8-6-10-15/h16-17H,3-8,11-12H2,1-2H3. The van der Waals surface area contributed by atoms with Crippen molar-refractivity contribution in [3.05, 3.63) is 0 Å². The second-order valence-corrected chi connectivity index (χ2v) is 9.35. The van der Waals surface area contributed by atoms with Gasteiger partial charge in [0.2, 0.25) is 20.0 Å². The molecule has 0 unspecified atom stereocenters. The van der Waals surface area contributed by atoms with Gasteiger partial charge in [0.25, 0.3) is 0 Å². The van der Waals surface area contributed by atoms with Crippen LogP contribution in [-0.2, 0) is 20.0 Å². The van der Waals surface area contributed by atoms with E-state index in [2.05, 4.69) is 9.44 Å². The molecular weight excluding hydrogens is 340 g/mol. The Balaban J connectivity index is 5.30. The van der Waals surface area contributed by atoms with Crippen molar-refractivity contribution in [3.8, 4) is 12.1 Å². The van der Waals surface area contributed by atoms with Crippen molar-refractivity contribution in [2.24, 2.45) is 0 Å². The fraction of sp³-hybridized carbons (Fsp3) is 0.846. The predicted octanol–water partition coefficient (Wildman–Crippen LogP) is 0.949. The summed E-state index contributed by atoms with van der Waals surface area (Å²) >= 11 is 0. The summed E-state index contributed by atoms with van der Waals surface area (Å²) in [5.41, 5.74) is 0. The molecule has 23 heavy (non-hydrogen) atoms. The van der Waals surface area contributed by atoms with Crippen LogP contribution in [0.5, 0.6) is 0 Å². The zero-order valence-corrected chi connectivity index (χ0v) is 15.1. The van der Waals surface area contributed by atoms with Gasteiger partial charge in [-0.3, -0.25) is 0 Å². The number of hydrogen-bond acceptors (Lipinski definition) is 6. The molecule has 132 valence electrons. The van der Waals surface area contributed by atoms with Crippen LogP contribution in [0.4, 0.5) is 0 Å². The lowest BCUT2D eigenvalue weighted by atomic mass is 10.2. The summed E-state index contributed by atoms with van der Waals surface area (Å²) in [5.74, 6) is 0.